The first kappa shape index (κ1) is 12.2. The van der Waals surface area contributed by atoms with Crippen molar-refractivity contribution in [2.75, 3.05) is 0 Å². The lowest BCUT2D eigenvalue weighted by atomic mass is 10.1. The summed E-state index contributed by atoms with van der Waals surface area (Å²) in [5.41, 5.74) is 1.17. The molecule has 84 valence electrons. The van der Waals surface area contributed by atoms with Crippen LogP contribution in [0, 0.1) is 0 Å². The molecule has 0 bridgehead atoms. The van der Waals surface area contributed by atoms with E-state index in [1.54, 1.807) is 18.2 Å². The average Bonchev–Trinajstić information content (AvgIpc) is 2.73. The zero-order valence-electron chi connectivity index (χ0n) is 7.81. The number of rotatable bonds is 2. The van der Waals surface area contributed by atoms with Crippen molar-refractivity contribution in [1.29, 1.82) is 0 Å². The molecule has 1 heterocycles. The highest BCUT2D eigenvalue weighted by molar-refractivity contribution is 9.08. The van der Waals surface area contributed by atoms with Crippen molar-refractivity contribution < 1.29 is 4.52 Å². The number of hydrogen-bond acceptors (Lipinski definition) is 2. The minimum Gasteiger partial charge on any atom is -0.360 e. The van der Waals surface area contributed by atoms with E-state index in [9.17, 15) is 0 Å². The predicted molar refractivity (Wildman–Crippen MR) is 69.6 cm³/mol. The van der Waals surface area contributed by atoms with Crippen LogP contribution in [0.4, 0.5) is 0 Å². The van der Waals surface area contributed by atoms with E-state index in [1.807, 2.05) is 0 Å². The van der Waals surface area contributed by atoms with Gasteiger partial charge in [0.25, 0.3) is 0 Å². The van der Waals surface area contributed by atoms with E-state index >= 15 is 0 Å². The Morgan fingerprint density at radius 3 is 2.50 bits per heavy atom. The Bertz CT molecular complexity index is 527. The molecule has 1 aromatic carbocycles. The second-order valence-corrected chi connectivity index (χ2v) is 4.78. The van der Waals surface area contributed by atoms with Gasteiger partial charge >= 0.3 is 0 Å². The van der Waals surface area contributed by atoms with Gasteiger partial charge in [-0.3, -0.25) is 0 Å². The fourth-order valence-corrected chi connectivity index (χ4v) is 2.24. The van der Waals surface area contributed by atoms with Gasteiger partial charge in [0.1, 0.15) is 11.5 Å². The van der Waals surface area contributed by atoms with Gasteiger partial charge in [0, 0.05) is 11.6 Å². The van der Waals surface area contributed by atoms with Crippen LogP contribution in [0.1, 0.15) is 5.76 Å². The van der Waals surface area contributed by atoms with Gasteiger partial charge in [-0.25, -0.2) is 0 Å². The van der Waals surface area contributed by atoms with Crippen LogP contribution in [0.2, 0.25) is 15.1 Å². The van der Waals surface area contributed by atoms with Crippen molar-refractivity contribution in [3.05, 3.63) is 39.0 Å². The van der Waals surface area contributed by atoms with Crippen LogP contribution in [0.25, 0.3) is 11.3 Å². The van der Waals surface area contributed by atoms with Crippen LogP contribution >= 0.6 is 50.7 Å². The first-order chi connectivity index (χ1) is 7.63. The summed E-state index contributed by atoms with van der Waals surface area (Å²) in [7, 11) is 0. The van der Waals surface area contributed by atoms with Crippen LogP contribution in [0.5, 0.6) is 0 Å². The molecule has 16 heavy (non-hydrogen) atoms. The van der Waals surface area contributed by atoms with Gasteiger partial charge in [0.2, 0.25) is 0 Å². The Morgan fingerprint density at radius 1 is 1.19 bits per heavy atom. The van der Waals surface area contributed by atoms with Crippen molar-refractivity contribution >= 4 is 50.7 Å². The van der Waals surface area contributed by atoms with Crippen LogP contribution in [0.3, 0.4) is 0 Å². The SMILES string of the molecule is Clc1ccc(Cl)c(-c2cc(CBr)on2)c1Cl. The van der Waals surface area contributed by atoms with Gasteiger partial charge in [-0.1, -0.05) is 55.9 Å². The van der Waals surface area contributed by atoms with Crippen LogP contribution in [-0.2, 0) is 5.33 Å². The summed E-state index contributed by atoms with van der Waals surface area (Å²) in [4.78, 5) is 0. The summed E-state index contributed by atoms with van der Waals surface area (Å²) in [5.74, 6) is 0.696. The van der Waals surface area contributed by atoms with Gasteiger partial charge in [0.05, 0.1) is 20.4 Å². The van der Waals surface area contributed by atoms with E-state index in [1.165, 1.54) is 0 Å². The number of benzene rings is 1. The second kappa shape index (κ2) is 4.96. The van der Waals surface area contributed by atoms with Crippen molar-refractivity contribution in [3.63, 3.8) is 0 Å². The van der Waals surface area contributed by atoms with Crippen molar-refractivity contribution in [3.8, 4) is 11.3 Å². The van der Waals surface area contributed by atoms with E-state index in [-0.39, 0.29) is 0 Å². The molecule has 0 aliphatic heterocycles. The van der Waals surface area contributed by atoms with Crippen LogP contribution < -0.4 is 0 Å². The number of nitrogens with zero attached hydrogens (tertiary/aromatic N) is 1. The maximum Gasteiger partial charge on any atom is 0.147 e. The first-order valence-electron chi connectivity index (χ1n) is 4.29. The summed E-state index contributed by atoms with van der Waals surface area (Å²) in [5, 5.41) is 5.77. The summed E-state index contributed by atoms with van der Waals surface area (Å²) >= 11 is 21.3. The Hall–Kier alpha value is -0.220. The Morgan fingerprint density at radius 2 is 1.88 bits per heavy atom. The Balaban J connectivity index is 2.58. The van der Waals surface area contributed by atoms with Gasteiger partial charge in [-0.05, 0) is 12.1 Å². The lowest BCUT2D eigenvalue weighted by Crippen LogP contribution is -1.82. The van der Waals surface area contributed by atoms with E-state index in [0.717, 1.165) is 0 Å². The molecule has 0 amide bonds. The number of alkyl halides is 1. The standard InChI is InChI=1S/C10H5BrCl3NO/c11-4-5-3-8(15-16-5)9-6(12)1-2-7(13)10(9)14/h1-3H,4H2. The third kappa shape index (κ3) is 2.23. The lowest BCUT2D eigenvalue weighted by Gasteiger charge is -2.04. The summed E-state index contributed by atoms with van der Waals surface area (Å²) in [6, 6.07) is 5.08. The molecule has 2 rings (SSSR count). The fourth-order valence-electron chi connectivity index (χ4n) is 1.26. The number of aromatic nitrogens is 1. The molecule has 0 radical (unpaired) electrons. The minimum atomic E-state index is 0.378. The van der Waals surface area contributed by atoms with Crippen molar-refractivity contribution in [2.45, 2.75) is 5.33 Å². The maximum absolute atomic E-state index is 6.08. The average molecular weight is 341 g/mol. The summed E-state index contributed by atoms with van der Waals surface area (Å²) < 4.78 is 5.06. The Kier molecular flexibility index (Phi) is 3.80. The Labute approximate surface area is 116 Å². The van der Waals surface area contributed by atoms with Gasteiger partial charge in [-0.15, -0.1) is 0 Å². The minimum absolute atomic E-state index is 0.378. The van der Waals surface area contributed by atoms with E-state index in [0.29, 0.717) is 37.4 Å². The molecule has 0 saturated heterocycles. The van der Waals surface area contributed by atoms with Crippen LogP contribution in [-0.4, -0.2) is 5.16 Å². The molecule has 0 aliphatic rings. The molecule has 1 aromatic heterocycles. The lowest BCUT2D eigenvalue weighted by molar-refractivity contribution is 0.398. The number of hydrogen-bond donors (Lipinski definition) is 0. The predicted octanol–water partition coefficient (Wildman–Crippen LogP) is 5.20. The van der Waals surface area contributed by atoms with Gasteiger partial charge in [0.15, 0.2) is 0 Å². The zero-order chi connectivity index (χ0) is 11.7. The molecule has 6 heteroatoms. The monoisotopic (exact) mass is 339 g/mol. The largest absolute Gasteiger partial charge is 0.360 e. The van der Waals surface area contributed by atoms with Gasteiger partial charge < -0.3 is 4.52 Å². The molecule has 0 N–H and O–H groups in total. The fraction of sp³-hybridized carbons (Fsp3) is 0.100. The van der Waals surface area contributed by atoms with E-state index in [2.05, 4.69) is 21.1 Å². The molecule has 0 fully saturated rings. The third-order valence-corrected chi connectivity index (χ3v) is 3.66. The zero-order valence-corrected chi connectivity index (χ0v) is 11.7. The topological polar surface area (TPSA) is 26.0 Å². The third-order valence-electron chi connectivity index (χ3n) is 1.99. The smallest absolute Gasteiger partial charge is 0.147 e. The number of halogens is 4. The van der Waals surface area contributed by atoms with Crippen molar-refractivity contribution in [2.24, 2.45) is 0 Å². The quantitative estimate of drug-likeness (QED) is 0.554. The van der Waals surface area contributed by atoms with Crippen molar-refractivity contribution in [1.82, 2.24) is 5.16 Å². The second-order valence-electron chi connectivity index (χ2n) is 3.03. The first-order valence-corrected chi connectivity index (χ1v) is 6.54. The molecule has 0 saturated carbocycles. The summed E-state index contributed by atoms with van der Waals surface area (Å²) in [6.45, 7) is 0. The highest BCUT2D eigenvalue weighted by Crippen LogP contribution is 2.38. The highest BCUT2D eigenvalue weighted by atomic mass is 79.9. The molecular formula is C10H5BrCl3NO. The normalized spacial score (nSPS) is 10.8. The molecule has 0 spiro atoms. The summed E-state index contributed by atoms with van der Waals surface area (Å²) in [6.07, 6.45) is 0. The van der Waals surface area contributed by atoms with E-state index in [4.69, 9.17) is 39.3 Å². The van der Waals surface area contributed by atoms with Crippen LogP contribution in [0.15, 0.2) is 22.7 Å². The molecule has 0 aliphatic carbocycles. The molecule has 0 unspecified atom stereocenters. The van der Waals surface area contributed by atoms with Gasteiger partial charge in [-0.2, -0.15) is 0 Å². The maximum atomic E-state index is 6.08. The highest BCUT2D eigenvalue weighted by Gasteiger charge is 2.15. The molecule has 2 nitrogen and oxygen atoms in total. The molecular weight excluding hydrogens is 336 g/mol. The molecule has 0 atom stereocenters. The van der Waals surface area contributed by atoms with E-state index < -0.39 is 0 Å². The molecule has 2 aromatic rings.